The minimum Gasteiger partial charge on any atom is -0.462 e. The van der Waals surface area contributed by atoms with Gasteiger partial charge in [0.05, 0.1) is 12.2 Å². The van der Waals surface area contributed by atoms with E-state index < -0.39 is 6.04 Å². The van der Waals surface area contributed by atoms with Crippen molar-refractivity contribution < 1.29 is 9.53 Å². The van der Waals surface area contributed by atoms with Crippen molar-refractivity contribution in [1.29, 1.82) is 0 Å². The van der Waals surface area contributed by atoms with E-state index >= 15 is 0 Å². The van der Waals surface area contributed by atoms with E-state index in [1.165, 1.54) is 6.33 Å². The van der Waals surface area contributed by atoms with Crippen molar-refractivity contribution in [2.24, 2.45) is 0 Å². The summed E-state index contributed by atoms with van der Waals surface area (Å²) in [5.41, 5.74) is 3.21. The molecule has 7 heteroatoms. The second-order valence-electron chi connectivity index (χ2n) is 6.52. The first-order valence-electron chi connectivity index (χ1n) is 8.97. The maximum absolute atomic E-state index is 13.0. The van der Waals surface area contributed by atoms with E-state index in [0.717, 1.165) is 11.1 Å². The summed E-state index contributed by atoms with van der Waals surface area (Å²) >= 11 is 6.03. The minimum atomic E-state index is -0.430. The Morgan fingerprint density at radius 3 is 2.68 bits per heavy atom. The van der Waals surface area contributed by atoms with Gasteiger partial charge in [0.25, 0.3) is 0 Å². The van der Waals surface area contributed by atoms with Crippen molar-refractivity contribution in [3.63, 3.8) is 0 Å². The Balaban J connectivity index is 1.59. The van der Waals surface area contributed by atoms with Crippen LogP contribution in [0.5, 0.6) is 0 Å². The van der Waals surface area contributed by atoms with Gasteiger partial charge in [0.2, 0.25) is 5.95 Å². The number of hydrogen-bond donors (Lipinski definition) is 1. The lowest BCUT2D eigenvalue weighted by Crippen LogP contribution is -2.30. The van der Waals surface area contributed by atoms with Crippen LogP contribution in [0.2, 0.25) is 5.02 Å². The molecule has 6 nitrogen and oxygen atoms in total. The first-order chi connectivity index (χ1) is 13.6. The average molecular weight is 395 g/mol. The first-order valence-corrected chi connectivity index (χ1v) is 9.35. The monoisotopic (exact) mass is 394 g/mol. The van der Waals surface area contributed by atoms with Crippen molar-refractivity contribution >= 4 is 23.5 Å². The zero-order valence-electron chi connectivity index (χ0n) is 15.3. The van der Waals surface area contributed by atoms with Crippen molar-refractivity contribution in [3.05, 3.63) is 88.3 Å². The van der Waals surface area contributed by atoms with Crippen molar-refractivity contribution in [2.75, 3.05) is 11.9 Å². The summed E-state index contributed by atoms with van der Waals surface area (Å²) in [6, 6.07) is 16.9. The Bertz CT molecular complexity index is 1010. The van der Waals surface area contributed by atoms with Crippen molar-refractivity contribution in [2.45, 2.75) is 19.4 Å². The van der Waals surface area contributed by atoms with Crippen molar-refractivity contribution in [3.8, 4) is 0 Å². The van der Waals surface area contributed by atoms with Gasteiger partial charge in [0.1, 0.15) is 12.4 Å². The topological polar surface area (TPSA) is 69.0 Å². The molecule has 3 aromatic rings. The van der Waals surface area contributed by atoms with Gasteiger partial charge < -0.3 is 10.1 Å². The number of fused-ring (bicyclic) bond motifs is 1. The largest absolute Gasteiger partial charge is 0.462 e. The minimum absolute atomic E-state index is 0.303. The van der Waals surface area contributed by atoms with E-state index in [1.54, 1.807) is 16.8 Å². The maximum Gasteiger partial charge on any atom is 0.338 e. The van der Waals surface area contributed by atoms with E-state index in [1.807, 2.05) is 49.4 Å². The van der Waals surface area contributed by atoms with Crippen LogP contribution in [0, 0.1) is 0 Å². The van der Waals surface area contributed by atoms with Crippen LogP contribution in [-0.4, -0.2) is 27.3 Å². The Morgan fingerprint density at radius 1 is 1.18 bits per heavy atom. The average Bonchev–Trinajstić information content (AvgIpc) is 3.16. The van der Waals surface area contributed by atoms with E-state index in [-0.39, 0.29) is 5.97 Å². The Labute approximate surface area is 167 Å². The van der Waals surface area contributed by atoms with E-state index in [2.05, 4.69) is 15.4 Å². The molecule has 1 aliphatic rings. The van der Waals surface area contributed by atoms with Gasteiger partial charge in [-0.1, -0.05) is 54.1 Å². The second kappa shape index (κ2) is 7.86. The lowest BCUT2D eigenvalue weighted by atomic mass is 9.96. The SMILES string of the molecule is CC1=C(C(=O)OCCc2ccccc2)C(c2ccc(Cl)cc2)n2ncnc2N1. The fraction of sp³-hybridized carbons (Fsp3) is 0.190. The van der Waals surface area contributed by atoms with Crippen LogP contribution in [0.1, 0.15) is 24.1 Å². The summed E-state index contributed by atoms with van der Waals surface area (Å²) in [7, 11) is 0. The fourth-order valence-electron chi connectivity index (χ4n) is 3.29. The Hall–Kier alpha value is -3.12. The van der Waals surface area contributed by atoms with Gasteiger partial charge >= 0.3 is 5.97 Å². The molecule has 0 spiro atoms. The Kier molecular flexibility index (Phi) is 5.12. The van der Waals surface area contributed by atoms with Gasteiger partial charge in [-0.25, -0.2) is 9.48 Å². The lowest BCUT2D eigenvalue weighted by molar-refractivity contribution is -0.139. The standard InChI is InChI=1S/C21H19ClN4O2/c1-14-18(20(27)28-12-11-15-5-3-2-4-6-15)19(16-7-9-17(22)10-8-16)26-21(25-14)23-13-24-26/h2-10,13,19H,11-12H2,1H3,(H,23,24,25). The number of ether oxygens (including phenoxy) is 1. The normalized spacial score (nSPS) is 15.7. The fourth-order valence-corrected chi connectivity index (χ4v) is 3.42. The first kappa shape index (κ1) is 18.3. The number of carbonyl (C=O) groups excluding carboxylic acids is 1. The molecule has 1 aromatic heterocycles. The molecule has 0 fully saturated rings. The molecule has 4 rings (SSSR count). The van der Waals surface area contributed by atoms with Gasteiger partial charge in [-0.3, -0.25) is 0 Å². The molecule has 142 valence electrons. The zero-order chi connectivity index (χ0) is 19.5. The van der Waals surface area contributed by atoms with E-state index in [9.17, 15) is 4.79 Å². The molecule has 0 amide bonds. The molecule has 2 aromatic carbocycles. The zero-order valence-corrected chi connectivity index (χ0v) is 16.1. The van der Waals surface area contributed by atoms with Crippen LogP contribution < -0.4 is 5.32 Å². The molecule has 0 aliphatic carbocycles. The summed E-state index contributed by atoms with van der Waals surface area (Å²) in [6.07, 6.45) is 2.12. The summed E-state index contributed by atoms with van der Waals surface area (Å²) in [4.78, 5) is 17.2. The van der Waals surface area contributed by atoms with Crippen LogP contribution in [0.25, 0.3) is 0 Å². The summed E-state index contributed by atoms with van der Waals surface area (Å²) in [5, 5.41) is 8.06. The number of allylic oxidation sites excluding steroid dienone is 1. The highest BCUT2D eigenvalue weighted by molar-refractivity contribution is 6.30. The van der Waals surface area contributed by atoms with Gasteiger partial charge in [-0.15, -0.1) is 0 Å². The van der Waals surface area contributed by atoms with E-state index in [0.29, 0.717) is 35.3 Å². The molecule has 0 radical (unpaired) electrons. The number of halogens is 1. The highest BCUT2D eigenvalue weighted by Gasteiger charge is 2.34. The molecule has 1 atom stereocenters. The number of hydrogen-bond acceptors (Lipinski definition) is 5. The molecule has 0 bridgehead atoms. The van der Waals surface area contributed by atoms with Crippen LogP contribution in [0.15, 0.2) is 72.2 Å². The number of rotatable bonds is 5. The molecule has 28 heavy (non-hydrogen) atoms. The lowest BCUT2D eigenvalue weighted by Gasteiger charge is -2.28. The van der Waals surface area contributed by atoms with Crippen molar-refractivity contribution in [1.82, 2.24) is 14.8 Å². The molecule has 0 saturated heterocycles. The molecule has 2 heterocycles. The summed E-state index contributed by atoms with van der Waals surface area (Å²) < 4.78 is 7.28. The summed E-state index contributed by atoms with van der Waals surface area (Å²) in [6.45, 7) is 2.14. The Morgan fingerprint density at radius 2 is 1.93 bits per heavy atom. The number of aromatic nitrogens is 3. The van der Waals surface area contributed by atoms with Gasteiger partial charge in [-0.05, 0) is 30.2 Å². The number of anilines is 1. The molecule has 1 N–H and O–H groups in total. The molecule has 0 saturated carbocycles. The van der Waals surface area contributed by atoms with Gasteiger partial charge in [0, 0.05) is 17.1 Å². The number of nitrogens with zero attached hydrogens (tertiary/aromatic N) is 3. The number of benzene rings is 2. The molecule has 1 unspecified atom stereocenters. The van der Waals surface area contributed by atoms with Gasteiger partial charge in [0.15, 0.2) is 0 Å². The third-order valence-corrected chi connectivity index (χ3v) is 4.92. The molecular formula is C21H19ClN4O2. The molecular weight excluding hydrogens is 376 g/mol. The quantitative estimate of drug-likeness (QED) is 0.662. The number of esters is 1. The predicted molar refractivity (Wildman–Crippen MR) is 107 cm³/mol. The summed E-state index contributed by atoms with van der Waals surface area (Å²) in [5.74, 6) is 0.209. The van der Waals surface area contributed by atoms with Crippen LogP contribution in [0.4, 0.5) is 5.95 Å². The predicted octanol–water partition coefficient (Wildman–Crippen LogP) is 4.01. The third kappa shape index (κ3) is 3.64. The second-order valence-corrected chi connectivity index (χ2v) is 6.95. The third-order valence-electron chi connectivity index (χ3n) is 4.67. The van der Waals surface area contributed by atoms with Crippen LogP contribution in [0.3, 0.4) is 0 Å². The highest BCUT2D eigenvalue weighted by Crippen LogP contribution is 2.35. The van der Waals surface area contributed by atoms with Crippen LogP contribution in [-0.2, 0) is 16.0 Å². The van der Waals surface area contributed by atoms with Crippen LogP contribution >= 0.6 is 11.6 Å². The van der Waals surface area contributed by atoms with Gasteiger partial charge in [-0.2, -0.15) is 10.1 Å². The molecule has 1 aliphatic heterocycles. The van der Waals surface area contributed by atoms with E-state index in [4.69, 9.17) is 16.3 Å². The maximum atomic E-state index is 13.0. The number of carbonyl (C=O) groups is 1. The smallest absolute Gasteiger partial charge is 0.338 e. The number of nitrogens with one attached hydrogen (secondary N) is 1. The highest BCUT2D eigenvalue weighted by atomic mass is 35.5.